The Balaban J connectivity index is 0.840. The quantitative estimate of drug-likeness (QED) is 0.0708. The average molecular weight is 1120 g/mol. The monoisotopic (exact) mass is 1120 g/mol. The van der Waals surface area contributed by atoms with Gasteiger partial charge in [-0.2, -0.15) is 9.59 Å². The third-order valence-corrected chi connectivity index (χ3v) is 19.4. The number of benzene rings is 12. The topological polar surface area (TPSA) is 87.2 Å². The minimum absolute atomic E-state index is 0.233. The summed E-state index contributed by atoms with van der Waals surface area (Å²) in [7, 11) is 0. The fraction of sp³-hybridized carbons (Fsp3) is 0.165. The molecule has 8 nitrogen and oxygen atoms in total. The van der Waals surface area contributed by atoms with Crippen molar-refractivity contribution in [3.05, 3.63) is 230 Å². The molecule has 418 valence electrons. The van der Waals surface area contributed by atoms with Crippen LogP contribution in [0.3, 0.4) is 0 Å². The molecule has 0 spiro atoms. The van der Waals surface area contributed by atoms with Gasteiger partial charge in [0.2, 0.25) is 0 Å². The Bertz CT molecular complexity index is 4970. The SMILES string of the molecule is CCCCCCC1(CCCCCC)c2cc(-c3ccc(-c4ccc5ccc6cccc7ccc4c5c67)c4nn(-c5ccncc5)nc34)ccc2-c2ccc(-c3ccc(-c4ccc5ccc6cccc7ccc4c5c67)c4nn(-c5ccncc5)nc34)cc21. The summed E-state index contributed by atoms with van der Waals surface area (Å²) in [5.41, 5.74) is 19.4. The van der Waals surface area contributed by atoms with Crippen molar-refractivity contribution < 1.29 is 0 Å². The maximum atomic E-state index is 5.43. The van der Waals surface area contributed by atoms with Crippen molar-refractivity contribution in [1.29, 1.82) is 0 Å². The van der Waals surface area contributed by atoms with E-state index in [4.69, 9.17) is 20.4 Å². The van der Waals surface area contributed by atoms with Gasteiger partial charge in [0.1, 0.15) is 22.1 Å². The fourth-order valence-electron chi connectivity index (χ4n) is 15.2. The predicted octanol–water partition coefficient (Wildman–Crippen LogP) is 20.6. The first-order valence-corrected chi connectivity index (χ1v) is 31.3. The van der Waals surface area contributed by atoms with E-state index in [0.29, 0.717) is 0 Å². The number of hydrogen-bond acceptors (Lipinski definition) is 6. The van der Waals surface area contributed by atoms with Crippen molar-refractivity contribution in [3.63, 3.8) is 0 Å². The number of nitrogens with zero attached hydrogens (tertiary/aromatic N) is 8. The van der Waals surface area contributed by atoms with Crippen molar-refractivity contribution in [2.75, 3.05) is 0 Å². The summed E-state index contributed by atoms with van der Waals surface area (Å²) in [5, 5.41) is 36.8. The molecule has 87 heavy (non-hydrogen) atoms. The lowest BCUT2D eigenvalue weighted by Crippen LogP contribution is -2.25. The molecule has 8 heteroatoms. The number of fused-ring (bicyclic) bond motifs is 5. The number of pyridine rings is 2. The van der Waals surface area contributed by atoms with Crippen LogP contribution in [0.2, 0.25) is 0 Å². The molecular weight excluding hydrogens is 1060 g/mol. The van der Waals surface area contributed by atoms with E-state index in [1.54, 1.807) is 9.59 Å². The van der Waals surface area contributed by atoms with E-state index in [1.807, 2.05) is 49.1 Å². The lowest BCUT2D eigenvalue weighted by atomic mass is 9.70. The highest BCUT2D eigenvalue weighted by Gasteiger charge is 2.43. The van der Waals surface area contributed by atoms with Crippen LogP contribution in [0.5, 0.6) is 0 Å². The standard InChI is InChI=1S/C79H62N8/c1-3-5-7-9-41-79(42-10-8-6-4-2)69-47-55(59-33-35-67(77-75(59)82-86(84-77)57-37-43-80-44-38-57)61-27-21-53-19-17-49-13-11-15-51-23-31-65(61)73(53)71(49)51)25-29-63(69)64-30-26-56(48-70(64)79)60-34-36-68(78-76(60)83-87(85-78)58-39-45-81-46-40-58)62-28-22-54-20-18-50-14-12-16-52-24-32-66(62)74(54)72(50)52/h11-40,43-48H,3-10,41-42H2,1-2H3. The van der Waals surface area contributed by atoms with Gasteiger partial charge in [-0.3, -0.25) is 9.97 Å². The summed E-state index contributed by atoms with van der Waals surface area (Å²) in [6, 6.07) is 72.3. The summed E-state index contributed by atoms with van der Waals surface area (Å²) in [6.07, 6.45) is 18.9. The van der Waals surface area contributed by atoms with Crippen LogP contribution < -0.4 is 0 Å². The van der Waals surface area contributed by atoms with E-state index in [2.05, 4.69) is 194 Å². The van der Waals surface area contributed by atoms with Gasteiger partial charge in [0.25, 0.3) is 0 Å². The third-order valence-electron chi connectivity index (χ3n) is 19.4. The highest BCUT2D eigenvalue weighted by molar-refractivity contribution is 6.27. The molecule has 0 saturated heterocycles. The van der Waals surface area contributed by atoms with Crippen molar-refractivity contribution in [3.8, 4) is 67.0 Å². The lowest BCUT2D eigenvalue weighted by Gasteiger charge is -2.33. The lowest BCUT2D eigenvalue weighted by molar-refractivity contribution is 0.401. The molecule has 1 aliphatic rings. The van der Waals surface area contributed by atoms with Crippen LogP contribution in [0.1, 0.15) is 89.2 Å². The zero-order valence-electron chi connectivity index (χ0n) is 48.9. The van der Waals surface area contributed by atoms with Gasteiger partial charge in [-0.05, 0) is 158 Å². The Kier molecular flexibility index (Phi) is 12.1. The Morgan fingerprint density at radius 2 is 0.655 bits per heavy atom. The van der Waals surface area contributed by atoms with Crippen molar-refractivity contribution in [2.24, 2.45) is 0 Å². The smallest absolute Gasteiger partial charge is 0.122 e. The second-order valence-corrected chi connectivity index (χ2v) is 24.3. The highest BCUT2D eigenvalue weighted by Crippen LogP contribution is 2.57. The maximum Gasteiger partial charge on any atom is 0.122 e. The van der Waals surface area contributed by atoms with Crippen molar-refractivity contribution in [1.82, 2.24) is 40.0 Å². The molecule has 16 aromatic rings. The molecule has 17 rings (SSSR count). The fourth-order valence-corrected chi connectivity index (χ4v) is 15.2. The molecule has 4 aromatic heterocycles. The molecule has 0 saturated carbocycles. The first kappa shape index (κ1) is 51.3. The van der Waals surface area contributed by atoms with Crippen LogP contribution in [0.25, 0.3) is 154 Å². The number of rotatable bonds is 16. The molecule has 0 aliphatic heterocycles. The van der Waals surface area contributed by atoms with Crippen LogP contribution in [-0.2, 0) is 5.41 Å². The Hall–Kier alpha value is -10.2. The van der Waals surface area contributed by atoms with Gasteiger partial charge in [-0.25, -0.2) is 0 Å². The molecule has 0 radical (unpaired) electrons. The second kappa shape index (κ2) is 20.5. The maximum absolute atomic E-state index is 5.43. The first-order chi connectivity index (χ1) is 43.0. The predicted molar refractivity (Wildman–Crippen MR) is 360 cm³/mol. The molecule has 0 fully saturated rings. The van der Waals surface area contributed by atoms with Gasteiger partial charge in [0.05, 0.1) is 11.4 Å². The Morgan fingerprint density at radius 3 is 1.07 bits per heavy atom. The number of unbranched alkanes of at least 4 members (excludes halogenated alkanes) is 6. The molecular formula is C79H62N8. The summed E-state index contributed by atoms with van der Waals surface area (Å²) < 4.78 is 0. The van der Waals surface area contributed by atoms with E-state index < -0.39 is 0 Å². The molecule has 12 aromatic carbocycles. The second-order valence-electron chi connectivity index (χ2n) is 24.3. The zero-order chi connectivity index (χ0) is 57.7. The van der Waals surface area contributed by atoms with Crippen molar-refractivity contribution >= 4 is 86.7 Å². The molecule has 0 N–H and O–H groups in total. The minimum atomic E-state index is -0.233. The van der Waals surface area contributed by atoms with Gasteiger partial charge >= 0.3 is 0 Å². The molecule has 0 atom stereocenters. The van der Waals surface area contributed by atoms with E-state index in [-0.39, 0.29) is 5.41 Å². The van der Waals surface area contributed by atoms with Gasteiger partial charge in [0.15, 0.2) is 0 Å². The minimum Gasteiger partial charge on any atom is -0.265 e. The molecule has 0 bridgehead atoms. The van der Waals surface area contributed by atoms with Gasteiger partial charge in [-0.15, -0.1) is 20.4 Å². The first-order valence-electron chi connectivity index (χ1n) is 31.3. The van der Waals surface area contributed by atoms with E-state index >= 15 is 0 Å². The summed E-state index contributed by atoms with van der Waals surface area (Å²) in [4.78, 5) is 12.3. The number of hydrogen-bond donors (Lipinski definition) is 0. The van der Waals surface area contributed by atoms with Gasteiger partial charge in [0, 0.05) is 52.5 Å². The number of aromatic nitrogens is 8. The van der Waals surface area contributed by atoms with E-state index in [1.165, 1.54) is 125 Å². The molecule has 0 amide bonds. The summed E-state index contributed by atoms with van der Waals surface area (Å²) in [5.74, 6) is 0. The normalized spacial score (nSPS) is 13.0. The van der Waals surface area contributed by atoms with Crippen LogP contribution >= 0.6 is 0 Å². The highest BCUT2D eigenvalue weighted by atomic mass is 15.5. The molecule has 1 aliphatic carbocycles. The Labute approximate surface area is 504 Å². The van der Waals surface area contributed by atoms with E-state index in [0.717, 1.165) is 104 Å². The van der Waals surface area contributed by atoms with Crippen LogP contribution in [0.4, 0.5) is 0 Å². The van der Waals surface area contributed by atoms with Crippen LogP contribution in [-0.4, -0.2) is 40.0 Å². The van der Waals surface area contributed by atoms with Crippen LogP contribution in [0, 0.1) is 0 Å². The zero-order valence-corrected chi connectivity index (χ0v) is 48.9. The summed E-state index contributed by atoms with van der Waals surface area (Å²) >= 11 is 0. The molecule has 4 heterocycles. The Morgan fingerprint density at radius 1 is 0.310 bits per heavy atom. The van der Waals surface area contributed by atoms with Gasteiger partial charge in [-0.1, -0.05) is 223 Å². The largest absolute Gasteiger partial charge is 0.265 e. The third kappa shape index (κ3) is 8.10. The van der Waals surface area contributed by atoms with Crippen LogP contribution in [0.15, 0.2) is 219 Å². The summed E-state index contributed by atoms with van der Waals surface area (Å²) in [6.45, 7) is 4.64. The van der Waals surface area contributed by atoms with Gasteiger partial charge < -0.3 is 0 Å². The average Bonchev–Trinajstić information content (AvgIpc) is 2.72. The molecule has 0 unspecified atom stereocenters. The van der Waals surface area contributed by atoms with Crippen molar-refractivity contribution in [2.45, 2.75) is 83.5 Å². The van der Waals surface area contributed by atoms with E-state index in [9.17, 15) is 0 Å².